The van der Waals surface area contributed by atoms with Gasteiger partial charge < -0.3 is 9.84 Å². The summed E-state index contributed by atoms with van der Waals surface area (Å²) in [5, 5.41) is 10.6. The van der Waals surface area contributed by atoms with Crippen molar-refractivity contribution in [1.82, 2.24) is 9.88 Å². The van der Waals surface area contributed by atoms with Crippen LogP contribution in [-0.4, -0.2) is 53.8 Å². The number of amides is 2. The zero-order valence-electron chi connectivity index (χ0n) is 24.7. The number of carbonyl (C=O) groups excluding carboxylic acids is 1. The van der Waals surface area contributed by atoms with Crippen molar-refractivity contribution >= 4 is 45.1 Å². The first-order valence-corrected chi connectivity index (χ1v) is 15.3. The van der Waals surface area contributed by atoms with Crippen LogP contribution in [0, 0.1) is 17.5 Å². The summed E-state index contributed by atoms with van der Waals surface area (Å²) in [7, 11) is -3.39. The van der Waals surface area contributed by atoms with E-state index in [-0.39, 0.29) is 22.0 Å². The van der Waals surface area contributed by atoms with Crippen molar-refractivity contribution in [3.05, 3.63) is 69.8 Å². The molecule has 2 amide bonds. The van der Waals surface area contributed by atoms with Gasteiger partial charge in [-0.1, -0.05) is 12.1 Å². The van der Waals surface area contributed by atoms with Crippen molar-refractivity contribution in [2.45, 2.75) is 70.7 Å². The minimum Gasteiger partial charge on any atom is -0.464 e. The van der Waals surface area contributed by atoms with Gasteiger partial charge in [0.15, 0.2) is 17.5 Å². The van der Waals surface area contributed by atoms with Gasteiger partial charge in [-0.2, -0.15) is 0 Å². The Morgan fingerprint density at radius 1 is 1.00 bits per heavy atom. The van der Waals surface area contributed by atoms with Crippen molar-refractivity contribution in [2.24, 2.45) is 0 Å². The monoisotopic (exact) mass is 642 g/mol. The Labute approximate surface area is 252 Å². The summed E-state index contributed by atoms with van der Waals surface area (Å²) in [6.07, 6.45) is -3.16. The summed E-state index contributed by atoms with van der Waals surface area (Å²) in [6, 6.07) is 5.70. The Morgan fingerprint density at radius 2 is 1.65 bits per heavy atom. The van der Waals surface area contributed by atoms with Crippen LogP contribution in [0.25, 0.3) is 0 Å². The summed E-state index contributed by atoms with van der Waals surface area (Å²) in [5.41, 5.74) is -0.524. The number of sulfonamides is 1. The maximum absolute atomic E-state index is 15.7. The molecule has 43 heavy (non-hydrogen) atoms. The van der Waals surface area contributed by atoms with E-state index in [2.05, 4.69) is 4.98 Å². The van der Waals surface area contributed by atoms with Crippen molar-refractivity contribution in [1.29, 1.82) is 0 Å². The molecule has 1 N–H and O–H groups in total. The standard InChI is InChI=1S/C28H33F3N4O6S2/c1-27(2,3)33(7)13-17-9-8-10-19(29)18(17)14-34(26(38)41-28(4,5)6)20-11-12-21(24(31)23(20)30)43(39,40)35(25(36)37)22-15-42-16-32-22/h8-12,15-16H,13-14H2,1-7H3,(H,36,37). The Hall–Kier alpha value is -3.69. The van der Waals surface area contributed by atoms with Gasteiger partial charge in [-0.05, 0) is 72.4 Å². The molecule has 0 bridgehead atoms. The number of rotatable bonds is 8. The van der Waals surface area contributed by atoms with Gasteiger partial charge in [-0.25, -0.2) is 36.2 Å². The Bertz CT molecular complexity index is 1600. The summed E-state index contributed by atoms with van der Waals surface area (Å²) < 4.78 is 78.1. The van der Waals surface area contributed by atoms with Crippen LogP contribution in [0.1, 0.15) is 52.7 Å². The molecule has 0 saturated carbocycles. The van der Waals surface area contributed by atoms with Crippen LogP contribution in [0.5, 0.6) is 0 Å². The Balaban J connectivity index is 2.16. The largest absolute Gasteiger partial charge is 0.464 e. The van der Waals surface area contributed by atoms with Crippen LogP contribution in [0.3, 0.4) is 0 Å². The minimum absolute atomic E-state index is 0.00144. The van der Waals surface area contributed by atoms with E-state index in [1.54, 1.807) is 26.8 Å². The van der Waals surface area contributed by atoms with E-state index in [0.717, 1.165) is 34.4 Å². The number of aromatic nitrogens is 1. The molecule has 3 rings (SSSR count). The van der Waals surface area contributed by atoms with E-state index in [1.807, 2.05) is 32.7 Å². The number of hydrogen-bond donors (Lipinski definition) is 1. The van der Waals surface area contributed by atoms with E-state index in [9.17, 15) is 23.1 Å². The quantitative estimate of drug-likeness (QED) is 0.292. The van der Waals surface area contributed by atoms with Crippen LogP contribution in [0.4, 0.5) is 34.3 Å². The molecular weight excluding hydrogens is 609 g/mol. The number of ether oxygens (including phenoxy) is 1. The third-order valence-electron chi connectivity index (χ3n) is 6.34. The number of nitrogens with zero attached hydrogens (tertiary/aromatic N) is 4. The molecule has 0 radical (unpaired) electrons. The number of carbonyl (C=O) groups is 2. The van der Waals surface area contributed by atoms with Gasteiger partial charge in [0.05, 0.1) is 17.7 Å². The molecule has 15 heteroatoms. The molecule has 0 unspecified atom stereocenters. The summed E-state index contributed by atoms with van der Waals surface area (Å²) >= 11 is 0.886. The van der Waals surface area contributed by atoms with Crippen LogP contribution < -0.4 is 9.21 Å². The predicted molar refractivity (Wildman–Crippen MR) is 156 cm³/mol. The molecule has 0 saturated heterocycles. The second kappa shape index (κ2) is 12.5. The highest BCUT2D eigenvalue weighted by Gasteiger charge is 2.37. The van der Waals surface area contributed by atoms with Crippen LogP contribution in [0.15, 0.2) is 46.1 Å². The molecule has 0 spiro atoms. The van der Waals surface area contributed by atoms with E-state index < -0.39 is 68.2 Å². The van der Waals surface area contributed by atoms with Crippen molar-refractivity contribution in [2.75, 3.05) is 16.3 Å². The van der Waals surface area contributed by atoms with E-state index in [0.29, 0.717) is 16.5 Å². The summed E-state index contributed by atoms with van der Waals surface area (Å²) in [5.74, 6) is -4.99. The normalized spacial score (nSPS) is 12.3. The lowest BCUT2D eigenvalue weighted by atomic mass is 10.0. The Kier molecular flexibility index (Phi) is 9.83. The smallest absolute Gasteiger partial charge is 0.427 e. The zero-order valence-corrected chi connectivity index (χ0v) is 26.3. The average molecular weight is 643 g/mol. The number of thiazole rings is 1. The van der Waals surface area contributed by atoms with Crippen molar-refractivity contribution in [3.8, 4) is 0 Å². The number of anilines is 2. The first-order chi connectivity index (χ1) is 19.8. The molecule has 10 nitrogen and oxygen atoms in total. The topological polar surface area (TPSA) is 120 Å². The molecule has 1 aromatic heterocycles. The lowest BCUT2D eigenvalue weighted by molar-refractivity contribution is 0.0575. The molecule has 0 fully saturated rings. The highest BCUT2D eigenvalue weighted by molar-refractivity contribution is 7.93. The fraction of sp³-hybridized carbons (Fsp3) is 0.393. The van der Waals surface area contributed by atoms with Gasteiger partial charge >= 0.3 is 12.2 Å². The van der Waals surface area contributed by atoms with Gasteiger partial charge in [0, 0.05) is 23.0 Å². The third kappa shape index (κ3) is 7.64. The molecule has 0 aliphatic heterocycles. The molecule has 234 valence electrons. The maximum Gasteiger partial charge on any atom is 0.427 e. The van der Waals surface area contributed by atoms with Gasteiger partial charge in [0.2, 0.25) is 0 Å². The highest BCUT2D eigenvalue weighted by Crippen LogP contribution is 2.33. The molecule has 2 aromatic carbocycles. The second-order valence-electron chi connectivity index (χ2n) is 11.6. The van der Waals surface area contributed by atoms with Gasteiger partial charge in [-0.15, -0.1) is 15.6 Å². The molecule has 0 aliphatic rings. The molecule has 1 heterocycles. The summed E-state index contributed by atoms with van der Waals surface area (Å²) in [4.78, 5) is 30.1. The second-order valence-corrected chi connectivity index (χ2v) is 14.1. The predicted octanol–water partition coefficient (Wildman–Crippen LogP) is 6.61. The minimum atomic E-state index is -5.21. The molecule has 3 aromatic rings. The fourth-order valence-electron chi connectivity index (χ4n) is 3.80. The first-order valence-electron chi connectivity index (χ1n) is 12.9. The number of hydrogen-bond acceptors (Lipinski definition) is 8. The highest BCUT2D eigenvalue weighted by atomic mass is 32.2. The third-order valence-corrected chi connectivity index (χ3v) is 8.60. The van der Waals surface area contributed by atoms with Crippen LogP contribution in [0.2, 0.25) is 0 Å². The number of benzene rings is 2. The van der Waals surface area contributed by atoms with Crippen molar-refractivity contribution < 1.29 is 41.0 Å². The zero-order chi connectivity index (χ0) is 32.5. The lowest BCUT2D eigenvalue weighted by Crippen LogP contribution is -2.39. The summed E-state index contributed by atoms with van der Waals surface area (Å²) in [6.45, 7) is 10.1. The maximum atomic E-state index is 15.7. The van der Waals surface area contributed by atoms with Gasteiger partial charge in [0.25, 0.3) is 10.0 Å². The average Bonchev–Trinajstić information content (AvgIpc) is 3.37. The SMILES string of the molecule is CN(Cc1cccc(F)c1CN(C(=O)OC(C)(C)C)c1ccc(S(=O)(=O)N(C(=O)O)c2cscn2)c(F)c1F)C(C)(C)C. The van der Waals surface area contributed by atoms with E-state index in [4.69, 9.17) is 4.74 Å². The van der Waals surface area contributed by atoms with E-state index >= 15 is 13.2 Å². The molecule has 0 atom stereocenters. The Morgan fingerprint density at radius 3 is 2.19 bits per heavy atom. The van der Waals surface area contributed by atoms with Gasteiger partial charge in [0.1, 0.15) is 16.3 Å². The lowest BCUT2D eigenvalue weighted by Gasteiger charge is -2.33. The van der Waals surface area contributed by atoms with Crippen LogP contribution >= 0.6 is 11.3 Å². The first kappa shape index (κ1) is 33.8. The molecule has 0 aliphatic carbocycles. The van der Waals surface area contributed by atoms with E-state index in [1.165, 1.54) is 6.07 Å². The van der Waals surface area contributed by atoms with Gasteiger partial charge in [-0.3, -0.25) is 9.80 Å². The number of carboxylic acid groups (broad SMARTS) is 1. The van der Waals surface area contributed by atoms with Crippen LogP contribution in [-0.2, 0) is 27.8 Å². The fourth-order valence-corrected chi connectivity index (χ4v) is 5.69. The molecular formula is C28H33F3N4O6S2. The van der Waals surface area contributed by atoms with Crippen molar-refractivity contribution in [3.63, 3.8) is 0 Å². The number of halogens is 3.